The van der Waals surface area contributed by atoms with Crippen molar-refractivity contribution in [3.8, 4) is 0 Å². The lowest BCUT2D eigenvalue weighted by Crippen LogP contribution is -2.30. The van der Waals surface area contributed by atoms with Gasteiger partial charge in [0.25, 0.3) is 0 Å². The van der Waals surface area contributed by atoms with E-state index in [-0.39, 0.29) is 0 Å². The Kier molecular flexibility index (Phi) is 5.23. The second kappa shape index (κ2) is 5.68. The van der Waals surface area contributed by atoms with Gasteiger partial charge in [-0.1, -0.05) is 0 Å². The normalized spacial score (nSPS) is 12.5. The van der Waals surface area contributed by atoms with Gasteiger partial charge in [-0.05, 0) is 25.8 Å². The molecule has 0 amide bonds. The maximum atomic E-state index is 10.2. The first-order chi connectivity index (χ1) is 5.57. The van der Waals surface area contributed by atoms with E-state index < -0.39 is 12.0 Å². The molecule has 0 fully saturated rings. The first kappa shape index (κ1) is 11.1. The Bertz CT molecular complexity index is 170. The Morgan fingerprint density at radius 2 is 2.08 bits per heavy atom. The zero-order valence-electron chi connectivity index (χ0n) is 6.92. The molecule has 5 nitrogen and oxygen atoms in total. The summed E-state index contributed by atoms with van der Waals surface area (Å²) >= 11 is 0. The summed E-state index contributed by atoms with van der Waals surface area (Å²) in [7, 11) is 0. The van der Waals surface area contributed by atoms with Gasteiger partial charge in [-0.2, -0.15) is 0 Å². The second-order valence-corrected chi connectivity index (χ2v) is 2.63. The third kappa shape index (κ3) is 4.81. The molecule has 0 saturated heterocycles. The maximum Gasteiger partial charge on any atom is 0.320 e. The van der Waals surface area contributed by atoms with Crippen LogP contribution in [0.1, 0.15) is 19.3 Å². The van der Waals surface area contributed by atoms with Gasteiger partial charge in [-0.15, -0.1) is 0 Å². The SMILES string of the molecule is N=C(CCN)CCC(N)C(=O)O. The lowest BCUT2D eigenvalue weighted by Gasteiger charge is -2.05. The van der Waals surface area contributed by atoms with E-state index in [0.29, 0.717) is 31.5 Å². The van der Waals surface area contributed by atoms with E-state index in [2.05, 4.69) is 0 Å². The van der Waals surface area contributed by atoms with Gasteiger partial charge in [0.15, 0.2) is 0 Å². The monoisotopic (exact) mass is 173 g/mol. The standard InChI is InChI=1S/C7H15N3O2/c8-4-3-5(9)1-2-6(10)7(11)12/h6,9H,1-4,8,10H2,(H,11,12). The van der Waals surface area contributed by atoms with Crippen molar-refractivity contribution < 1.29 is 9.90 Å². The van der Waals surface area contributed by atoms with E-state index in [4.69, 9.17) is 22.0 Å². The summed E-state index contributed by atoms with van der Waals surface area (Å²) in [6.07, 6.45) is 1.26. The molecular formula is C7H15N3O2. The lowest BCUT2D eigenvalue weighted by molar-refractivity contribution is -0.138. The van der Waals surface area contributed by atoms with Gasteiger partial charge < -0.3 is 22.0 Å². The molecule has 0 bridgehead atoms. The molecule has 0 rings (SSSR count). The molecule has 6 N–H and O–H groups in total. The van der Waals surface area contributed by atoms with Gasteiger partial charge in [0.05, 0.1) is 0 Å². The third-order valence-corrected chi connectivity index (χ3v) is 1.52. The van der Waals surface area contributed by atoms with Gasteiger partial charge in [-0.25, -0.2) is 0 Å². The minimum absolute atomic E-state index is 0.314. The van der Waals surface area contributed by atoms with Gasteiger partial charge in [0, 0.05) is 5.71 Å². The quantitative estimate of drug-likeness (QED) is 0.407. The van der Waals surface area contributed by atoms with Crippen LogP contribution in [0.3, 0.4) is 0 Å². The van der Waals surface area contributed by atoms with Crippen LogP contribution < -0.4 is 11.5 Å². The third-order valence-electron chi connectivity index (χ3n) is 1.52. The predicted octanol–water partition coefficient (Wildman–Crippen LogP) is -0.453. The number of rotatable bonds is 6. The number of nitrogens with one attached hydrogen (secondary N) is 1. The summed E-state index contributed by atoms with van der Waals surface area (Å²) in [4.78, 5) is 10.2. The fourth-order valence-corrected chi connectivity index (χ4v) is 0.752. The van der Waals surface area contributed by atoms with E-state index in [9.17, 15) is 4.79 Å². The van der Waals surface area contributed by atoms with Crippen molar-refractivity contribution >= 4 is 11.7 Å². The first-order valence-electron chi connectivity index (χ1n) is 3.82. The Morgan fingerprint density at radius 1 is 1.50 bits per heavy atom. The number of hydrogen-bond donors (Lipinski definition) is 4. The Morgan fingerprint density at radius 3 is 2.50 bits per heavy atom. The van der Waals surface area contributed by atoms with Crippen molar-refractivity contribution in [3.63, 3.8) is 0 Å². The van der Waals surface area contributed by atoms with Crippen LogP contribution in [0.2, 0.25) is 0 Å². The summed E-state index contributed by atoms with van der Waals surface area (Å²) in [5, 5.41) is 15.7. The average molecular weight is 173 g/mol. The molecule has 0 radical (unpaired) electrons. The molecule has 0 heterocycles. The van der Waals surface area contributed by atoms with E-state index in [1.807, 2.05) is 0 Å². The highest BCUT2D eigenvalue weighted by atomic mass is 16.4. The van der Waals surface area contributed by atoms with E-state index in [1.165, 1.54) is 0 Å². The molecule has 0 aliphatic rings. The molecule has 0 aromatic carbocycles. The Hall–Kier alpha value is -0.940. The topological polar surface area (TPSA) is 113 Å². The van der Waals surface area contributed by atoms with E-state index in [1.54, 1.807) is 0 Å². The predicted molar refractivity (Wildman–Crippen MR) is 46.2 cm³/mol. The fourth-order valence-electron chi connectivity index (χ4n) is 0.752. The van der Waals surface area contributed by atoms with Gasteiger partial charge in [0.1, 0.15) is 6.04 Å². The molecular weight excluding hydrogens is 158 g/mol. The van der Waals surface area contributed by atoms with Crippen molar-refractivity contribution in [2.45, 2.75) is 25.3 Å². The summed E-state index contributed by atoms with van der Waals surface area (Å²) in [6, 6.07) is -0.858. The van der Waals surface area contributed by atoms with Crippen molar-refractivity contribution in [3.05, 3.63) is 0 Å². The van der Waals surface area contributed by atoms with Gasteiger partial charge >= 0.3 is 5.97 Å². The number of carbonyl (C=O) groups is 1. The number of carboxylic acids is 1. The molecule has 0 aromatic rings. The van der Waals surface area contributed by atoms with Crippen LogP contribution in [0.15, 0.2) is 0 Å². The van der Waals surface area contributed by atoms with Crippen LogP contribution in [0, 0.1) is 5.41 Å². The molecule has 0 aromatic heterocycles. The molecule has 0 aliphatic carbocycles. The average Bonchev–Trinajstić information content (AvgIpc) is 2.00. The molecule has 0 saturated carbocycles. The zero-order valence-corrected chi connectivity index (χ0v) is 6.92. The van der Waals surface area contributed by atoms with Crippen LogP contribution in [-0.4, -0.2) is 29.4 Å². The van der Waals surface area contributed by atoms with Crippen molar-refractivity contribution in [2.24, 2.45) is 11.5 Å². The lowest BCUT2D eigenvalue weighted by atomic mass is 10.1. The summed E-state index contributed by atoms with van der Waals surface area (Å²) in [5.41, 5.74) is 10.9. The fraction of sp³-hybridized carbons (Fsp3) is 0.714. The molecule has 1 atom stereocenters. The molecule has 12 heavy (non-hydrogen) atoms. The zero-order chi connectivity index (χ0) is 9.56. The highest BCUT2D eigenvalue weighted by molar-refractivity contribution is 5.82. The molecule has 5 heteroatoms. The summed E-state index contributed by atoms with van der Waals surface area (Å²) in [6.45, 7) is 0.432. The summed E-state index contributed by atoms with van der Waals surface area (Å²) in [5.74, 6) is -1.02. The number of aliphatic carboxylic acids is 1. The van der Waals surface area contributed by atoms with Crippen LogP contribution in [0.4, 0.5) is 0 Å². The number of hydrogen-bond acceptors (Lipinski definition) is 4. The first-order valence-corrected chi connectivity index (χ1v) is 3.82. The van der Waals surface area contributed by atoms with Crippen LogP contribution in [0.5, 0.6) is 0 Å². The number of carboxylic acid groups (broad SMARTS) is 1. The Balaban J connectivity index is 3.54. The van der Waals surface area contributed by atoms with Crippen molar-refractivity contribution in [1.82, 2.24) is 0 Å². The smallest absolute Gasteiger partial charge is 0.320 e. The van der Waals surface area contributed by atoms with Crippen molar-refractivity contribution in [2.75, 3.05) is 6.54 Å². The molecule has 1 unspecified atom stereocenters. The van der Waals surface area contributed by atoms with Crippen molar-refractivity contribution in [1.29, 1.82) is 5.41 Å². The maximum absolute atomic E-state index is 10.2. The molecule has 70 valence electrons. The van der Waals surface area contributed by atoms with E-state index in [0.717, 1.165) is 0 Å². The van der Waals surface area contributed by atoms with E-state index >= 15 is 0 Å². The molecule has 0 spiro atoms. The highest BCUT2D eigenvalue weighted by Gasteiger charge is 2.11. The van der Waals surface area contributed by atoms with Crippen LogP contribution in [0.25, 0.3) is 0 Å². The largest absolute Gasteiger partial charge is 0.480 e. The minimum Gasteiger partial charge on any atom is -0.480 e. The number of nitrogens with two attached hydrogens (primary N) is 2. The van der Waals surface area contributed by atoms with Crippen LogP contribution >= 0.6 is 0 Å². The van der Waals surface area contributed by atoms with Gasteiger partial charge in [-0.3, -0.25) is 4.79 Å². The highest BCUT2D eigenvalue weighted by Crippen LogP contribution is 1.98. The van der Waals surface area contributed by atoms with Gasteiger partial charge in [0.2, 0.25) is 0 Å². The summed E-state index contributed by atoms with van der Waals surface area (Å²) < 4.78 is 0. The molecule has 0 aliphatic heterocycles. The second-order valence-electron chi connectivity index (χ2n) is 2.63. The van der Waals surface area contributed by atoms with Crippen LogP contribution in [-0.2, 0) is 4.79 Å². The Labute approximate surface area is 71.2 Å². The minimum atomic E-state index is -1.02.